The lowest BCUT2D eigenvalue weighted by Gasteiger charge is -2.13. The van der Waals surface area contributed by atoms with Gasteiger partial charge < -0.3 is 4.40 Å². The number of nitrogens with zero attached hydrogens (tertiary/aromatic N) is 6. The summed E-state index contributed by atoms with van der Waals surface area (Å²) < 4.78 is 6.83. The Kier molecular flexibility index (Phi) is 6.07. The molecule has 0 bridgehead atoms. The lowest BCUT2D eigenvalue weighted by Crippen LogP contribution is -2.10. The van der Waals surface area contributed by atoms with E-state index in [9.17, 15) is 0 Å². The van der Waals surface area contributed by atoms with Crippen LogP contribution >= 0.6 is 0 Å². The lowest BCUT2D eigenvalue weighted by molar-refractivity contribution is 0.893. The van der Waals surface area contributed by atoms with Gasteiger partial charge in [-0.25, -0.2) is 0 Å². The predicted octanol–water partition coefficient (Wildman–Crippen LogP) is 12.5. The first kappa shape index (κ1) is 30.5. The van der Waals surface area contributed by atoms with Crippen LogP contribution in [-0.2, 0) is 0 Å². The average Bonchev–Trinajstić information content (AvgIpc) is 4.01. The van der Waals surface area contributed by atoms with Crippen LogP contribution in [0.25, 0.3) is 116 Å². The number of fused-ring (bicyclic) bond motifs is 12. The first-order valence-corrected chi connectivity index (χ1v) is 19.3. The van der Waals surface area contributed by atoms with Gasteiger partial charge in [-0.3, -0.25) is 9.13 Å². The van der Waals surface area contributed by atoms with Crippen molar-refractivity contribution in [2.45, 2.75) is 0 Å². The summed E-state index contributed by atoms with van der Waals surface area (Å²) in [6.07, 6.45) is 0. The average molecular weight is 727 g/mol. The molecule has 264 valence electrons. The van der Waals surface area contributed by atoms with Crippen LogP contribution in [0.4, 0.5) is 0 Å². The van der Waals surface area contributed by atoms with Crippen molar-refractivity contribution in [3.63, 3.8) is 0 Å². The molecule has 0 atom stereocenters. The molecule has 6 heteroatoms. The first-order chi connectivity index (χ1) is 28.3. The summed E-state index contributed by atoms with van der Waals surface area (Å²) in [7, 11) is 0. The molecule has 0 saturated carbocycles. The summed E-state index contributed by atoms with van der Waals surface area (Å²) in [6.45, 7) is 0. The number of aromatic nitrogens is 6. The molecule has 0 saturated heterocycles. The highest BCUT2D eigenvalue weighted by Gasteiger charge is 2.25. The Labute approximate surface area is 325 Å². The molecule has 0 unspecified atom stereocenters. The topological polar surface area (TPSA) is 52.9 Å². The van der Waals surface area contributed by atoms with Gasteiger partial charge in [0.25, 0.3) is 0 Å². The number of hydrogen-bond acceptors (Lipinski definition) is 3. The fourth-order valence-electron chi connectivity index (χ4n) is 9.55. The van der Waals surface area contributed by atoms with Gasteiger partial charge in [-0.1, -0.05) is 140 Å². The molecule has 0 aliphatic heterocycles. The lowest BCUT2D eigenvalue weighted by atomic mass is 9.99. The number of hydrogen-bond donors (Lipinski definition) is 0. The summed E-state index contributed by atoms with van der Waals surface area (Å²) in [5, 5.41) is 9.37. The van der Waals surface area contributed by atoms with E-state index in [0.29, 0.717) is 17.7 Å². The molecule has 0 aliphatic rings. The van der Waals surface area contributed by atoms with Gasteiger partial charge in [0.05, 0.1) is 38.6 Å². The van der Waals surface area contributed by atoms with Gasteiger partial charge >= 0.3 is 0 Å². The Morgan fingerprint density at radius 3 is 1.42 bits per heavy atom. The molecule has 0 spiro atoms. The van der Waals surface area contributed by atoms with Crippen molar-refractivity contribution < 1.29 is 0 Å². The van der Waals surface area contributed by atoms with Crippen LogP contribution in [0.3, 0.4) is 0 Å². The minimum absolute atomic E-state index is 0.562. The van der Waals surface area contributed by atoms with E-state index in [1.165, 1.54) is 43.8 Å². The van der Waals surface area contributed by atoms with Gasteiger partial charge in [-0.05, 0) is 53.6 Å². The van der Waals surface area contributed by atoms with Crippen molar-refractivity contribution in [1.82, 2.24) is 28.5 Å². The Morgan fingerprint density at radius 2 is 0.772 bits per heavy atom. The quantitative estimate of drug-likeness (QED) is 0.181. The maximum Gasteiger partial charge on any atom is 0.240 e. The zero-order valence-corrected chi connectivity index (χ0v) is 30.5. The molecular weight excluding hydrogens is 697 g/mol. The van der Waals surface area contributed by atoms with Crippen LogP contribution < -0.4 is 0 Å². The van der Waals surface area contributed by atoms with Gasteiger partial charge in [0.15, 0.2) is 5.82 Å². The van der Waals surface area contributed by atoms with E-state index in [-0.39, 0.29) is 0 Å². The summed E-state index contributed by atoms with van der Waals surface area (Å²) >= 11 is 0. The molecule has 13 aromatic rings. The Morgan fingerprint density at radius 1 is 0.298 bits per heavy atom. The minimum Gasteiger partial charge on any atom is -0.308 e. The van der Waals surface area contributed by atoms with Crippen LogP contribution in [0.5, 0.6) is 0 Å². The smallest absolute Gasteiger partial charge is 0.240 e. The van der Waals surface area contributed by atoms with Crippen molar-refractivity contribution in [3.8, 4) is 34.4 Å². The van der Waals surface area contributed by atoms with E-state index in [4.69, 9.17) is 15.0 Å². The molecule has 5 heterocycles. The van der Waals surface area contributed by atoms with Crippen LogP contribution in [0, 0.1) is 0 Å². The van der Waals surface area contributed by atoms with Gasteiger partial charge in [-0.2, -0.15) is 15.0 Å². The van der Waals surface area contributed by atoms with Gasteiger partial charge in [-0.15, -0.1) is 0 Å². The molecule has 0 fully saturated rings. The zero-order chi connectivity index (χ0) is 37.2. The number of benzene rings is 8. The molecule has 57 heavy (non-hydrogen) atoms. The van der Waals surface area contributed by atoms with E-state index in [0.717, 1.165) is 54.6 Å². The molecule has 8 aromatic carbocycles. The summed E-state index contributed by atoms with van der Waals surface area (Å²) in [5.41, 5.74) is 11.0. The fourth-order valence-corrected chi connectivity index (χ4v) is 9.55. The van der Waals surface area contributed by atoms with Crippen molar-refractivity contribution in [3.05, 3.63) is 182 Å². The third-order valence-corrected chi connectivity index (χ3v) is 11.9. The molecule has 13 rings (SSSR count). The van der Waals surface area contributed by atoms with Crippen LogP contribution in [0.2, 0.25) is 0 Å². The maximum atomic E-state index is 5.50. The highest BCUT2D eigenvalue weighted by molar-refractivity contribution is 6.26. The number of para-hydroxylation sites is 5. The molecule has 0 radical (unpaired) electrons. The molecular formula is C51H30N6. The van der Waals surface area contributed by atoms with Gasteiger partial charge in [0.1, 0.15) is 0 Å². The summed E-state index contributed by atoms with van der Waals surface area (Å²) in [4.78, 5) is 16.4. The normalized spacial score (nSPS) is 12.2. The van der Waals surface area contributed by atoms with Crippen LogP contribution in [-0.4, -0.2) is 28.5 Å². The second-order valence-corrected chi connectivity index (χ2v) is 14.8. The van der Waals surface area contributed by atoms with E-state index in [2.05, 4.69) is 196 Å². The zero-order valence-electron chi connectivity index (χ0n) is 30.5. The van der Waals surface area contributed by atoms with Crippen molar-refractivity contribution in [1.29, 1.82) is 0 Å². The number of rotatable bonds is 4. The predicted molar refractivity (Wildman–Crippen MR) is 234 cm³/mol. The van der Waals surface area contributed by atoms with Crippen LogP contribution in [0.15, 0.2) is 182 Å². The first-order valence-electron chi connectivity index (χ1n) is 19.3. The Balaban J connectivity index is 1.19. The molecule has 0 aliphatic carbocycles. The highest BCUT2D eigenvalue weighted by Crippen LogP contribution is 2.44. The Bertz CT molecular complexity index is 3700. The molecule has 6 nitrogen and oxygen atoms in total. The SMILES string of the molecule is c1ccc(-c2cccc3c2c2ccccc2n3-c2nc(-c3ccc4c5ccccc5n5c6ccccc6c3c45)nc(-n3c4ccccc4c4ccccc43)n2)cc1. The summed E-state index contributed by atoms with van der Waals surface area (Å²) in [6, 6.07) is 64.6. The standard InChI is InChI=1S/C51H30N6/c1-2-15-31(16-3-1)32-22-14-28-45-46(32)37-20-7-13-27-44(37)57(45)51-53-49(52-50(54-51)56-41-24-10-4-17-33(41)34-18-5-11-25-42(34)56)39-30-29-36-35-19-6-9-23-40(35)55-43-26-12-8-21-38(43)47(39)48(36)55/h1-30H. The molecule has 0 amide bonds. The van der Waals surface area contributed by atoms with Crippen molar-refractivity contribution in [2.24, 2.45) is 0 Å². The largest absolute Gasteiger partial charge is 0.308 e. The third kappa shape index (κ3) is 4.10. The minimum atomic E-state index is 0.562. The monoisotopic (exact) mass is 726 g/mol. The Hall–Kier alpha value is -7.83. The van der Waals surface area contributed by atoms with Crippen molar-refractivity contribution in [2.75, 3.05) is 0 Å². The third-order valence-electron chi connectivity index (χ3n) is 11.9. The van der Waals surface area contributed by atoms with Crippen LogP contribution in [0.1, 0.15) is 0 Å². The fraction of sp³-hybridized carbons (Fsp3) is 0. The van der Waals surface area contributed by atoms with Gasteiger partial charge in [0, 0.05) is 48.7 Å². The van der Waals surface area contributed by atoms with E-state index in [1.807, 2.05) is 0 Å². The summed E-state index contributed by atoms with van der Waals surface area (Å²) in [5.74, 6) is 1.75. The molecule has 0 N–H and O–H groups in total. The van der Waals surface area contributed by atoms with Gasteiger partial charge in [0.2, 0.25) is 11.9 Å². The second kappa shape index (κ2) is 11.4. The van der Waals surface area contributed by atoms with E-state index >= 15 is 0 Å². The maximum absolute atomic E-state index is 5.50. The molecule has 5 aromatic heterocycles. The highest BCUT2D eigenvalue weighted by atomic mass is 15.3. The second-order valence-electron chi connectivity index (χ2n) is 14.8. The van der Waals surface area contributed by atoms with E-state index < -0.39 is 0 Å². The van der Waals surface area contributed by atoms with E-state index in [1.54, 1.807) is 0 Å². The van der Waals surface area contributed by atoms with Crippen molar-refractivity contribution >= 4 is 81.7 Å².